The lowest BCUT2D eigenvalue weighted by Crippen LogP contribution is -2.38. The van der Waals surface area contributed by atoms with Gasteiger partial charge in [-0.25, -0.2) is 0 Å². The van der Waals surface area contributed by atoms with Crippen LogP contribution in [0.15, 0.2) is 77.7 Å². The standard InChI is InChI=1S/C23H29N3O3/c1-6-7-8-11-18-17(2)20(27)16-21(28)23(18)25-24-19-12-9-10-13-22(19)29-15-14-26(3,4)5/h6-13,16-17H,1,14-15H2,2-5H3,(H-,24,27,28)/p+1/b8-7-,18-11+. The number of hydrazone groups is 1. The van der Waals surface area contributed by atoms with E-state index < -0.39 is 5.92 Å². The van der Waals surface area contributed by atoms with Gasteiger partial charge in [0.1, 0.15) is 30.4 Å². The molecule has 0 bridgehead atoms. The molecule has 29 heavy (non-hydrogen) atoms. The van der Waals surface area contributed by atoms with Crippen LogP contribution in [0.25, 0.3) is 0 Å². The van der Waals surface area contributed by atoms with Gasteiger partial charge in [-0.3, -0.25) is 10.2 Å². The minimum atomic E-state index is -0.406. The molecular weight excluding hydrogens is 366 g/mol. The van der Waals surface area contributed by atoms with Gasteiger partial charge in [0.05, 0.1) is 26.8 Å². The molecule has 1 aliphatic carbocycles. The van der Waals surface area contributed by atoms with E-state index >= 15 is 0 Å². The van der Waals surface area contributed by atoms with Crippen LogP contribution >= 0.6 is 0 Å². The van der Waals surface area contributed by atoms with Crippen molar-refractivity contribution in [2.45, 2.75) is 6.92 Å². The summed E-state index contributed by atoms with van der Waals surface area (Å²) >= 11 is 0. The van der Waals surface area contributed by atoms with Crippen molar-refractivity contribution in [3.05, 3.63) is 72.6 Å². The van der Waals surface area contributed by atoms with Gasteiger partial charge in [-0.05, 0) is 17.7 Å². The molecule has 0 saturated carbocycles. The molecule has 0 amide bonds. The number of aliphatic hydroxyl groups excluding tert-OH is 1. The number of quaternary nitrogens is 1. The number of carbonyl (C=O) groups is 1. The summed E-state index contributed by atoms with van der Waals surface area (Å²) in [5.41, 5.74) is 4.61. The highest BCUT2D eigenvalue weighted by Crippen LogP contribution is 2.27. The van der Waals surface area contributed by atoms with Crippen molar-refractivity contribution < 1.29 is 19.1 Å². The number of rotatable bonds is 8. The van der Waals surface area contributed by atoms with Gasteiger partial charge in [0.2, 0.25) is 0 Å². The van der Waals surface area contributed by atoms with Gasteiger partial charge in [-0.15, -0.1) is 0 Å². The Hall–Kier alpha value is -3.12. The molecule has 0 aromatic heterocycles. The number of anilines is 1. The molecule has 0 aliphatic heterocycles. The predicted molar refractivity (Wildman–Crippen MR) is 118 cm³/mol. The van der Waals surface area contributed by atoms with Crippen LogP contribution in [-0.2, 0) is 4.79 Å². The number of hydrogen-bond donors (Lipinski definition) is 2. The SMILES string of the molecule is C=C\C=C/C=C1/C(=N/Nc2ccccc2OCC[N+](C)(C)C)C(O)=CC(=O)C1C. The van der Waals surface area contributed by atoms with E-state index in [2.05, 4.69) is 38.2 Å². The summed E-state index contributed by atoms with van der Waals surface area (Å²) < 4.78 is 6.71. The Morgan fingerprint density at radius 3 is 2.69 bits per heavy atom. The molecule has 1 aromatic carbocycles. The molecular formula is C23H30N3O3+. The maximum atomic E-state index is 12.1. The molecule has 154 valence electrons. The summed E-state index contributed by atoms with van der Waals surface area (Å²) in [6, 6.07) is 7.49. The van der Waals surface area contributed by atoms with E-state index in [1.165, 1.54) is 6.08 Å². The van der Waals surface area contributed by atoms with Gasteiger partial charge < -0.3 is 14.3 Å². The van der Waals surface area contributed by atoms with Gasteiger partial charge in [-0.2, -0.15) is 5.10 Å². The number of nitrogens with zero attached hydrogens (tertiary/aromatic N) is 2. The number of nitrogens with one attached hydrogen (secondary N) is 1. The third-order valence-corrected chi connectivity index (χ3v) is 4.41. The van der Waals surface area contributed by atoms with Crippen LogP contribution in [-0.4, -0.2) is 55.4 Å². The minimum absolute atomic E-state index is 0.163. The smallest absolute Gasteiger partial charge is 0.166 e. The van der Waals surface area contributed by atoms with E-state index in [9.17, 15) is 9.90 Å². The number of ether oxygens (including phenoxy) is 1. The van der Waals surface area contributed by atoms with Crippen molar-refractivity contribution >= 4 is 17.2 Å². The number of para-hydroxylation sites is 2. The molecule has 0 spiro atoms. The van der Waals surface area contributed by atoms with E-state index in [4.69, 9.17) is 4.74 Å². The van der Waals surface area contributed by atoms with Crippen LogP contribution in [0.3, 0.4) is 0 Å². The molecule has 2 rings (SSSR count). The number of carbonyl (C=O) groups excluding carboxylic acids is 1. The Morgan fingerprint density at radius 1 is 1.28 bits per heavy atom. The van der Waals surface area contributed by atoms with Gasteiger partial charge >= 0.3 is 0 Å². The highest BCUT2D eigenvalue weighted by Gasteiger charge is 2.28. The molecule has 2 N–H and O–H groups in total. The Labute approximate surface area is 172 Å². The molecule has 6 heteroatoms. The normalized spacial score (nSPS) is 20.2. The predicted octanol–water partition coefficient (Wildman–Crippen LogP) is 3.87. The van der Waals surface area contributed by atoms with Crippen molar-refractivity contribution in [3.63, 3.8) is 0 Å². The van der Waals surface area contributed by atoms with Crippen LogP contribution in [0.5, 0.6) is 5.75 Å². The van der Waals surface area contributed by atoms with Crippen molar-refractivity contribution in [3.8, 4) is 5.75 Å². The van der Waals surface area contributed by atoms with Crippen molar-refractivity contribution in [2.24, 2.45) is 11.0 Å². The van der Waals surface area contributed by atoms with Crippen molar-refractivity contribution in [2.75, 3.05) is 39.7 Å². The van der Waals surface area contributed by atoms with Gasteiger partial charge in [-0.1, -0.05) is 49.9 Å². The average molecular weight is 397 g/mol. The molecule has 0 heterocycles. The second kappa shape index (κ2) is 9.89. The van der Waals surface area contributed by atoms with Crippen molar-refractivity contribution in [1.82, 2.24) is 0 Å². The highest BCUT2D eigenvalue weighted by molar-refractivity contribution is 6.21. The molecule has 0 radical (unpaired) electrons. The van der Waals surface area contributed by atoms with Crippen molar-refractivity contribution in [1.29, 1.82) is 0 Å². The monoisotopic (exact) mass is 396 g/mol. The zero-order chi connectivity index (χ0) is 21.4. The van der Waals surface area contributed by atoms with Gasteiger partial charge in [0, 0.05) is 12.0 Å². The molecule has 1 aromatic rings. The third kappa shape index (κ3) is 6.47. The molecule has 1 aliphatic rings. The van der Waals surface area contributed by atoms with Gasteiger partial charge in [0.15, 0.2) is 5.78 Å². The maximum absolute atomic E-state index is 12.1. The van der Waals surface area contributed by atoms with Crippen LogP contribution in [0.1, 0.15) is 6.92 Å². The summed E-state index contributed by atoms with van der Waals surface area (Å²) in [5, 5.41) is 14.7. The zero-order valence-electron chi connectivity index (χ0n) is 17.6. The second-order valence-corrected chi connectivity index (χ2v) is 7.83. The van der Waals surface area contributed by atoms with E-state index in [0.29, 0.717) is 29.3 Å². The fourth-order valence-electron chi connectivity index (χ4n) is 2.65. The first-order chi connectivity index (χ1) is 13.7. The summed E-state index contributed by atoms with van der Waals surface area (Å²) in [6.45, 7) is 6.84. The number of allylic oxidation sites excluding steroid dienone is 6. The molecule has 1 unspecified atom stereocenters. The minimum Gasteiger partial charge on any atom is -0.505 e. The average Bonchev–Trinajstić information content (AvgIpc) is 2.65. The Balaban J connectivity index is 2.27. The van der Waals surface area contributed by atoms with E-state index in [0.717, 1.165) is 11.0 Å². The fourth-order valence-corrected chi connectivity index (χ4v) is 2.65. The first-order valence-electron chi connectivity index (χ1n) is 9.53. The topological polar surface area (TPSA) is 70.9 Å². The maximum Gasteiger partial charge on any atom is 0.166 e. The molecule has 1 atom stereocenters. The number of aliphatic hydroxyl groups is 1. The van der Waals surface area contributed by atoms with Crippen LogP contribution in [0, 0.1) is 5.92 Å². The first kappa shape index (κ1) is 22.2. The number of hydrogen-bond acceptors (Lipinski definition) is 5. The quantitative estimate of drug-likeness (QED) is 0.398. The largest absolute Gasteiger partial charge is 0.505 e. The second-order valence-electron chi connectivity index (χ2n) is 7.83. The van der Waals surface area contributed by atoms with Crippen LogP contribution in [0.2, 0.25) is 0 Å². The number of ketones is 1. The van der Waals surface area contributed by atoms with Gasteiger partial charge in [0.25, 0.3) is 0 Å². The highest BCUT2D eigenvalue weighted by atomic mass is 16.5. The lowest BCUT2D eigenvalue weighted by Gasteiger charge is -2.24. The Morgan fingerprint density at radius 2 is 2.00 bits per heavy atom. The van der Waals surface area contributed by atoms with Crippen LogP contribution in [0.4, 0.5) is 5.69 Å². The van der Waals surface area contributed by atoms with E-state index in [1.54, 1.807) is 31.2 Å². The summed E-state index contributed by atoms with van der Waals surface area (Å²) in [6.07, 6.45) is 8.13. The number of benzene rings is 1. The van der Waals surface area contributed by atoms with Crippen LogP contribution < -0.4 is 10.2 Å². The molecule has 6 nitrogen and oxygen atoms in total. The lowest BCUT2D eigenvalue weighted by molar-refractivity contribution is -0.870. The zero-order valence-corrected chi connectivity index (χ0v) is 17.6. The fraction of sp³-hybridized carbons (Fsp3) is 0.304. The number of likely N-dealkylation sites (N-methyl/N-ethyl adjacent to an activating group) is 1. The summed E-state index contributed by atoms with van der Waals surface area (Å²) in [4.78, 5) is 12.1. The first-order valence-corrected chi connectivity index (χ1v) is 9.53. The summed E-state index contributed by atoms with van der Waals surface area (Å²) in [7, 11) is 6.32. The molecule has 0 fully saturated rings. The lowest BCUT2D eigenvalue weighted by atomic mass is 9.86. The molecule has 0 saturated heterocycles. The summed E-state index contributed by atoms with van der Waals surface area (Å²) in [5.74, 6) is -0.0613. The Kier molecular flexibility index (Phi) is 7.56. The third-order valence-electron chi connectivity index (χ3n) is 4.41. The van der Waals surface area contributed by atoms with E-state index in [-0.39, 0.29) is 11.5 Å². The Bertz CT molecular complexity index is 874. The van der Waals surface area contributed by atoms with E-state index in [1.807, 2.05) is 24.3 Å².